The quantitative estimate of drug-likeness (QED) is 0.681. The first-order valence-corrected chi connectivity index (χ1v) is 4.23. The third-order valence-electron chi connectivity index (χ3n) is 2.35. The van der Waals surface area contributed by atoms with Gasteiger partial charge < -0.3 is 0 Å². The van der Waals surface area contributed by atoms with Crippen molar-refractivity contribution in [3.05, 3.63) is 34.6 Å². The summed E-state index contributed by atoms with van der Waals surface area (Å²) in [4.78, 5) is 11.1. The van der Waals surface area contributed by atoms with E-state index in [1.807, 2.05) is 0 Å². The Morgan fingerprint density at radius 2 is 1.93 bits per heavy atom. The number of Topliss-reactive ketones (excluding diaryl/α,β-unsaturated/α-hetero) is 1. The molecule has 1 aromatic rings. The van der Waals surface area contributed by atoms with Gasteiger partial charge >= 0.3 is 0 Å². The van der Waals surface area contributed by atoms with Gasteiger partial charge in [0, 0.05) is 12.0 Å². The number of fused-ring (bicyclic) bond motifs is 1. The van der Waals surface area contributed by atoms with Crippen LogP contribution in [0.5, 0.6) is 0 Å². The Labute approximate surface area is 78.5 Å². The Balaban J connectivity index is 2.57. The van der Waals surface area contributed by atoms with Crippen LogP contribution in [-0.4, -0.2) is 5.78 Å². The van der Waals surface area contributed by atoms with E-state index in [1.165, 1.54) is 6.07 Å². The SMILES string of the molecule is O=C1CCc2cc(C(F)F)cc(F)c21. The number of hydrogen-bond acceptors (Lipinski definition) is 1. The second-order valence-electron chi connectivity index (χ2n) is 3.26. The zero-order valence-electron chi connectivity index (χ0n) is 7.19. The minimum absolute atomic E-state index is 0.00519. The number of hydrogen-bond donors (Lipinski definition) is 0. The maximum absolute atomic E-state index is 13.2. The van der Waals surface area contributed by atoms with Crippen LogP contribution >= 0.6 is 0 Å². The number of carbonyl (C=O) groups excluding carboxylic acids is 1. The molecule has 1 aliphatic rings. The summed E-state index contributed by atoms with van der Waals surface area (Å²) in [6, 6.07) is 1.96. The van der Waals surface area contributed by atoms with Crippen molar-refractivity contribution < 1.29 is 18.0 Å². The van der Waals surface area contributed by atoms with E-state index in [-0.39, 0.29) is 23.3 Å². The molecular weight excluding hydrogens is 193 g/mol. The minimum atomic E-state index is -2.69. The van der Waals surface area contributed by atoms with Gasteiger partial charge in [0.25, 0.3) is 6.43 Å². The molecule has 14 heavy (non-hydrogen) atoms. The Kier molecular flexibility index (Phi) is 2.06. The molecule has 0 N–H and O–H groups in total. The van der Waals surface area contributed by atoms with Gasteiger partial charge in [-0.15, -0.1) is 0 Å². The van der Waals surface area contributed by atoms with Crippen LogP contribution in [-0.2, 0) is 6.42 Å². The van der Waals surface area contributed by atoms with Gasteiger partial charge in [0.15, 0.2) is 5.78 Å². The molecule has 0 aliphatic heterocycles. The highest BCUT2D eigenvalue weighted by atomic mass is 19.3. The van der Waals surface area contributed by atoms with E-state index in [2.05, 4.69) is 0 Å². The average molecular weight is 200 g/mol. The average Bonchev–Trinajstić information content (AvgIpc) is 2.48. The molecule has 4 heteroatoms. The molecule has 0 saturated heterocycles. The largest absolute Gasteiger partial charge is 0.294 e. The molecule has 0 aromatic heterocycles. The summed E-state index contributed by atoms with van der Waals surface area (Å²) in [6.45, 7) is 0. The summed E-state index contributed by atoms with van der Waals surface area (Å²) in [5, 5.41) is 0. The molecule has 0 atom stereocenters. The predicted octanol–water partition coefficient (Wildman–Crippen LogP) is 2.89. The summed E-state index contributed by atoms with van der Waals surface area (Å²) in [6.07, 6.45) is -2.10. The third-order valence-corrected chi connectivity index (χ3v) is 2.35. The Hall–Kier alpha value is -1.32. The van der Waals surface area contributed by atoms with Crippen LogP contribution in [0.15, 0.2) is 12.1 Å². The highest BCUT2D eigenvalue weighted by Crippen LogP contribution is 2.29. The van der Waals surface area contributed by atoms with Crippen molar-refractivity contribution in [2.24, 2.45) is 0 Å². The molecular formula is C10H7F3O. The molecule has 74 valence electrons. The zero-order chi connectivity index (χ0) is 10.3. The summed E-state index contributed by atoms with van der Waals surface area (Å²) in [5.41, 5.74) is 0.0515. The number of rotatable bonds is 1. The third kappa shape index (κ3) is 1.31. The first-order valence-electron chi connectivity index (χ1n) is 4.23. The van der Waals surface area contributed by atoms with Gasteiger partial charge in [0.05, 0.1) is 5.56 Å². The standard InChI is InChI=1S/C10H7F3O/c11-7-4-6(10(12)13)3-5-1-2-8(14)9(5)7/h3-4,10H,1-2H2. The van der Waals surface area contributed by atoms with E-state index < -0.39 is 12.2 Å². The van der Waals surface area contributed by atoms with E-state index >= 15 is 0 Å². The fraction of sp³-hybridized carbons (Fsp3) is 0.300. The van der Waals surface area contributed by atoms with Gasteiger partial charge in [0.1, 0.15) is 5.82 Å². The van der Waals surface area contributed by atoms with Gasteiger partial charge in [-0.25, -0.2) is 13.2 Å². The summed E-state index contributed by atoms with van der Waals surface area (Å²) < 4.78 is 37.7. The normalized spacial score (nSPS) is 15.0. The molecule has 0 heterocycles. The highest BCUT2D eigenvalue weighted by molar-refractivity contribution is 6.00. The number of aryl methyl sites for hydroxylation is 1. The number of alkyl halides is 2. The Morgan fingerprint density at radius 1 is 1.21 bits per heavy atom. The van der Waals surface area contributed by atoms with Crippen LogP contribution in [0.2, 0.25) is 0 Å². The van der Waals surface area contributed by atoms with E-state index in [1.54, 1.807) is 0 Å². The van der Waals surface area contributed by atoms with Crippen LogP contribution in [0.25, 0.3) is 0 Å². The second-order valence-corrected chi connectivity index (χ2v) is 3.26. The Morgan fingerprint density at radius 3 is 2.57 bits per heavy atom. The minimum Gasteiger partial charge on any atom is -0.294 e. The molecule has 0 spiro atoms. The zero-order valence-corrected chi connectivity index (χ0v) is 7.19. The van der Waals surface area contributed by atoms with Crippen LogP contribution in [0.4, 0.5) is 13.2 Å². The maximum atomic E-state index is 13.2. The van der Waals surface area contributed by atoms with Gasteiger partial charge in [-0.2, -0.15) is 0 Å². The van der Waals surface area contributed by atoms with Crippen molar-refractivity contribution in [3.63, 3.8) is 0 Å². The van der Waals surface area contributed by atoms with Crippen molar-refractivity contribution in [1.82, 2.24) is 0 Å². The number of carbonyl (C=O) groups is 1. The summed E-state index contributed by atoms with van der Waals surface area (Å²) in [7, 11) is 0. The highest BCUT2D eigenvalue weighted by Gasteiger charge is 2.25. The van der Waals surface area contributed by atoms with Crippen molar-refractivity contribution in [2.75, 3.05) is 0 Å². The van der Waals surface area contributed by atoms with E-state index in [0.29, 0.717) is 12.0 Å². The summed E-state index contributed by atoms with van der Waals surface area (Å²) in [5.74, 6) is -1.11. The first kappa shape index (κ1) is 9.24. The molecule has 0 unspecified atom stereocenters. The first-order chi connectivity index (χ1) is 6.59. The molecule has 1 nitrogen and oxygen atoms in total. The number of ketones is 1. The number of halogens is 3. The van der Waals surface area contributed by atoms with Crippen LogP contribution < -0.4 is 0 Å². The molecule has 2 rings (SSSR count). The molecule has 0 bridgehead atoms. The molecule has 0 amide bonds. The second kappa shape index (κ2) is 3.12. The fourth-order valence-corrected chi connectivity index (χ4v) is 1.70. The molecule has 1 aromatic carbocycles. The monoisotopic (exact) mass is 200 g/mol. The van der Waals surface area contributed by atoms with Crippen LogP contribution in [0, 0.1) is 5.82 Å². The summed E-state index contributed by atoms with van der Waals surface area (Å²) >= 11 is 0. The maximum Gasteiger partial charge on any atom is 0.263 e. The molecule has 0 fully saturated rings. The van der Waals surface area contributed by atoms with Gasteiger partial charge in [-0.3, -0.25) is 4.79 Å². The van der Waals surface area contributed by atoms with Gasteiger partial charge in [0.2, 0.25) is 0 Å². The lowest BCUT2D eigenvalue weighted by Gasteiger charge is -2.04. The van der Waals surface area contributed by atoms with E-state index in [0.717, 1.165) is 6.07 Å². The Bertz CT molecular complexity index is 399. The van der Waals surface area contributed by atoms with Crippen LogP contribution in [0.3, 0.4) is 0 Å². The predicted molar refractivity (Wildman–Crippen MR) is 44.0 cm³/mol. The van der Waals surface area contributed by atoms with Crippen molar-refractivity contribution in [1.29, 1.82) is 0 Å². The lowest BCUT2D eigenvalue weighted by atomic mass is 10.1. The van der Waals surface area contributed by atoms with Gasteiger partial charge in [-0.05, 0) is 24.1 Å². The lowest BCUT2D eigenvalue weighted by molar-refractivity contribution is 0.0990. The van der Waals surface area contributed by atoms with Crippen molar-refractivity contribution in [3.8, 4) is 0 Å². The fourth-order valence-electron chi connectivity index (χ4n) is 1.70. The molecule has 0 saturated carbocycles. The van der Waals surface area contributed by atoms with E-state index in [4.69, 9.17) is 0 Å². The smallest absolute Gasteiger partial charge is 0.263 e. The molecule has 0 radical (unpaired) electrons. The topological polar surface area (TPSA) is 17.1 Å². The van der Waals surface area contributed by atoms with Crippen molar-refractivity contribution >= 4 is 5.78 Å². The molecule has 1 aliphatic carbocycles. The van der Waals surface area contributed by atoms with E-state index in [9.17, 15) is 18.0 Å². The van der Waals surface area contributed by atoms with Crippen molar-refractivity contribution in [2.45, 2.75) is 19.3 Å². The lowest BCUT2D eigenvalue weighted by Crippen LogP contribution is -1.98. The van der Waals surface area contributed by atoms with Gasteiger partial charge in [-0.1, -0.05) is 0 Å². The van der Waals surface area contributed by atoms with Crippen LogP contribution in [0.1, 0.15) is 34.3 Å². The number of benzene rings is 1.